The van der Waals surface area contributed by atoms with Crippen LogP contribution in [0.15, 0.2) is 42.5 Å². The minimum atomic E-state index is -4.61. The maximum absolute atomic E-state index is 13.2. The van der Waals surface area contributed by atoms with Crippen LogP contribution < -0.4 is 14.8 Å². The Balaban J connectivity index is 1.96. The molecule has 178 valence electrons. The van der Waals surface area contributed by atoms with E-state index in [0.29, 0.717) is 19.4 Å². The van der Waals surface area contributed by atoms with Crippen LogP contribution in [-0.4, -0.2) is 43.5 Å². The van der Waals surface area contributed by atoms with Crippen molar-refractivity contribution < 1.29 is 41.0 Å². The normalized spacial score (nSPS) is 15.0. The molecule has 1 unspecified atom stereocenters. The number of likely N-dealkylation sites (tertiary alicyclic amines) is 1. The highest BCUT2D eigenvalue weighted by atomic mass is 19.4. The number of hydrogen-bond acceptors (Lipinski definition) is 4. The molecule has 3 rings (SSSR count). The Morgan fingerprint density at radius 2 is 1.91 bits per heavy atom. The van der Waals surface area contributed by atoms with Crippen LogP contribution in [0.1, 0.15) is 40.4 Å². The summed E-state index contributed by atoms with van der Waals surface area (Å²) in [7, 11) is 1.21. The van der Waals surface area contributed by atoms with Crippen LogP contribution in [0.25, 0.3) is 0 Å². The zero-order chi connectivity index (χ0) is 24.2. The van der Waals surface area contributed by atoms with Gasteiger partial charge in [-0.05, 0) is 36.2 Å². The number of rotatable bonds is 8. The summed E-state index contributed by atoms with van der Waals surface area (Å²) >= 11 is 0. The van der Waals surface area contributed by atoms with Crippen LogP contribution >= 0.6 is 0 Å². The molecule has 1 aliphatic heterocycles. The van der Waals surface area contributed by atoms with Crippen LogP contribution in [0, 0.1) is 0 Å². The lowest BCUT2D eigenvalue weighted by Crippen LogP contribution is -2.39. The second kappa shape index (κ2) is 10.1. The van der Waals surface area contributed by atoms with E-state index in [4.69, 9.17) is 4.74 Å². The molecule has 6 nitrogen and oxygen atoms in total. The van der Waals surface area contributed by atoms with Gasteiger partial charge in [0.1, 0.15) is 0 Å². The van der Waals surface area contributed by atoms with Gasteiger partial charge in [-0.1, -0.05) is 18.2 Å². The molecule has 0 spiro atoms. The number of para-hydroxylation sites is 1. The quantitative estimate of drug-likeness (QED) is 0.578. The summed E-state index contributed by atoms with van der Waals surface area (Å²) in [5, 5.41) is 2.56. The zero-order valence-corrected chi connectivity index (χ0v) is 17.5. The van der Waals surface area contributed by atoms with E-state index in [1.54, 1.807) is 0 Å². The van der Waals surface area contributed by atoms with Crippen LogP contribution in [0.4, 0.5) is 22.0 Å². The third-order valence-electron chi connectivity index (χ3n) is 5.15. The molecule has 1 atom stereocenters. The van der Waals surface area contributed by atoms with Crippen molar-refractivity contribution in [3.63, 3.8) is 0 Å². The third kappa shape index (κ3) is 5.91. The maximum Gasteiger partial charge on any atom is 0.416 e. The summed E-state index contributed by atoms with van der Waals surface area (Å²) in [5.41, 5.74) is -1.11. The molecule has 0 saturated carbocycles. The number of benzene rings is 2. The third-order valence-corrected chi connectivity index (χ3v) is 5.15. The Morgan fingerprint density at radius 1 is 1.18 bits per heavy atom. The number of hydrogen-bond donors (Lipinski definition) is 1. The van der Waals surface area contributed by atoms with E-state index in [9.17, 15) is 31.5 Å². The molecule has 33 heavy (non-hydrogen) atoms. The lowest BCUT2D eigenvalue weighted by atomic mass is 10.0. The molecule has 11 heteroatoms. The van der Waals surface area contributed by atoms with E-state index < -0.39 is 36.0 Å². The Labute approximate surface area is 186 Å². The number of alkyl halides is 5. The molecule has 0 aromatic heterocycles. The molecule has 2 aromatic rings. The van der Waals surface area contributed by atoms with Gasteiger partial charge in [-0.15, -0.1) is 0 Å². The van der Waals surface area contributed by atoms with Gasteiger partial charge in [-0.25, -0.2) is 0 Å². The van der Waals surface area contributed by atoms with E-state index in [2.05, 4.69) is 10.1 Å². The van der Waals surface area contributed by atoms with Crippen LogP contribution in [0.5, 0.6) is 11.5 Å². The van der Waals surface area contributed by atoms with Crippen molar-refractivity contribution in [2.45, 2.75) is 31.7 Å². The Morgan fingerprint density at radius 3 is 2.52 bits per heavy atom. The largest absolute Gasteiger partial charge is 0.493 e. The Hall–Kier alpha value is -3.37. The van der Waals surface area contributed by atoms with Gasteiger partial charge in [0.15, 0.2) is 11.5 Å². The van der Waals surface area contributed by atoms with E-state index in [-0.39, 0.29) is 29.3 Å². The van der Waals surface area contributed by atoms with Gasteiger partial charge < -0.3 is 19.7 Å². The topological polar surface area (TPSA) is 67.9 Å². The van der Waals surface area contributed by atoms with Gasteiger partial charge in [0.05, 0.1) is 24.3 Å². The lowest BCUT2D eigenvalue weighted by Gasteiger charge is -2.26. The highest BCUT2D eigenvalue weighted by Crippen LogP contribution is 2.34. The van der Waals surface area contributed by atoms with Crippen molar-refractivity contribution in [2.24, 2.45) is 0 Å². The number of halogens is 5. The number of nitrogens with one attached hydrogen (secondary N) is 1. The summed E-state index contributed by atoms with van der Waals surface area (Å²) < 4.78 is 75.0. The molecule has 2 amide bonds. The summed E-state index contributed by atoms with van der Waals surface area (Å²) in [6.07, 6.45) is -3.73. The number of nitrogens with zero attached hydrogens (tertiary/aromatic N) is 1. The predicted octanol–water partition coefficient (Wildman–Crippen LogP) is 4.41. The van der Waals surface area contributed by atoms with Gasteiger partial charge in [0, 0.05) is 19.5 Å². The van der Waals surface area contributed by atoms with E-state index in [1.165, 1.54) is 42.3 Å². The minimum Gasteiger partial charge on any atom is -0.493 e. The van der Waals surface area contributed by atoms with Crippen molar-refractivity contribution in [2.75, 3.05) is 20.2 Å². The second-order valence-corrected chi connectivity index (χ2v) is 7.31. The fraction of sp³-hybridized carbons (Fsp3) is 0.364. The molecule has 0 aliphatic carbocycles. The van der Waals surface area contributed by atoms with Gasteiger partial charge >= 0.3 is 12.8 Å². The summed E-state index contributed by atoms with van der Waals surface area (Å²) in [5.74, 6) is -1.69. The van der Waals surface area contributed by atoms with Gasteiger partial charge in [-0.3, -0.25) is 9.59 Å². The molecule has 2 aromatic carbocycles. The van der Waals surface area contributed by atoms with Crippen LogP contribution in [0.3, 0.4) is 0 Å². The van der Waals surface area contributed by atoms with Crippen LogP contribution in [0.2, 0.25) is 0 Å². The van der Waals surface area contributed by atoms with Crippen molar-refractivity contribution in [1.29, 1.82) is 0 Å². The standard InChI is InChI=1S/C22H21F5N2O4/c1-32-17-8-3-7-15(19(17)33-21(23)24)20(31)28-16(12-29-10-4-9-18(29)30)13-5-2-6-14(11-13)22(25,26)27/h2-3,5-8,11,16,21H,4,9-10,12H2,1H3,(H,28,31). The van der Waals surface area contributed by atoms with Crippen molar-refractivity contribution in [1.82, 2.24) is 10.2 Å². The van der Waals surface area contributed by atoms with Crippen molar-refractivity contribution in [3.8, 4) is 11.5 Å². The molecule has 1 saturated heterocycles. The molecule has 1 aliphatic rings. The summed E-state index contributed by atoms with van der Waals surface area (Å²) in [4.78, 5) is 26.6. The zero-order valence-electron chi connectivity index (χ0n) is 17.5. The first kappa shape index (κ1) is 24.3. The van der Waals surface area contributed by atoms with E-state index in [1.807, 2.05) is 0 Å². The number of carbonyl (C=O) groups is 2. The minimum absolute atomic E-state index is 0.0825. The molecule has 0 bridgehead atoms. The molecule has 1 heterocycles. The monoisotopic (exact) mass is 472 g/mol. The molecule has 0 radical (unpaired) electrons. The fourth-order valence-corrected chi connectivity index (χ4v) is 3.59. The first-order valence-corrected chi connectivity index (χ1v) is 9.97. The van der Waals surface area contributed by atoms with E-state index in [0.717, 1.165) is 12.1 Å². The molecular weight excluding hydrogens is 451 g/mol. The summed E-state index contributed by atoms with van der Waals surface area (Å²) in [6, 6.07) is 7.25. The van der Waals surface area contributed by atoms with Gasteiger partial charge in [0.2, 0.25) is 5.91 Å². The maximum atomic E-state index is 13.2. The number of carbonyl (C=O) groups excluding carboxylic acids is 2. The highest BCUT2D eigenvalue weighted by Gasteiger charge is 2.32. The number of amides is 2. The Bertz CT molecular complexity index is 1010. The van der Waals surface area contributed by atoms with Crippen LogP contribution in [-0.2, 0) is 11.0 Å². The number of methoxy groups -OCH3 is 1. The molecular formula is C22H21F5N2O4. The highest BCUT2D eigenvalue weighted by molar-refractivity contribution is 5.98. The SMILES string of the molecule is COc1cccc(C(=O)NC(CN2CCCC2=O)c2cccc(C(F)(F)F)c2)c1OC(F)F. The smallest absolute Gasteiger partial charge is 0.416 e. The van der Waals surface area contributed by atoms with Crippen molar-refractivity contribution >= 4 is 11.8 Å². The van der Waals surface area contributed by atoms with Gasteiger partial charge in [0.25, 0.3) is 5.91 Å². The molecule has 1 fully saturated rings. The average Bonchev–Trinajstić information content (AvgIpc) is 3.16. The number of ether oxygens (including phenoxy) is 2. The first-order chi connectivity index (χ1) is 15.6. The second-order valence-electron chi connectivity index (χ2n) is 7.31. The first-order valence-electron chi connectivity index (χ1n) is 9.97. The molecule has 1 N–H and O–H groups in total. The lowest BCUT2D eigenvalue weighted by molar-refractivity contribution is -0.137. The van der Waals surface area contributed by atoms with E-state index >= 15 is 0 Å². The summed E-state index contributed by atoms with van der Waals surface area (Å²) in [6.45, 7) is -2.93. The average molecular weight is 472 g/mol. The predicted molar refractivity (Wildman–Crippen MR) is 107 cm³/mol. The van der Waals surface area contributed by atoms with Gasteiger partial charge in [-0.2, -0.15) is 22.0 Å². The Kier molecular flexibility index (Phi) is 7.39. The fourth-order valence-electron chi connectivity index (χ4n) is 3.59. The van der Waals surface area contributed by atoms with Crippen molar-refractivity contribution in [3.05, 3.63) is 59.2 Å².